The molecule has 0 aromatic heterocycles. The summed E-state index contributed by atoms with van der Waals surface area (Å²) in [5, 5.41) is 0. The molecule has 0 spiro atoms. The van der Waals surface area contributed by atoms with E-state index in [2.05, 4.69) is 4.74 Å². The Bertz CT molecular complexity index is 1180. The van der Waals surface area contributed by atoms with Gasteiger partial charge in [0.1, 0.15) is 6.04 Å². The Labute approximate surface area is 215 Å². The molecule has 3 rings (SSSR count). The SMILES string of the molecule is CCOC(=O)N1c2ccccc2[C@@H](N(Cc2cc(C(F)(F)F)cc(C(F)(F)F)c2)C(=O)OC)C[C@H]1C(F)(F)F. The van der Waals surface area contributed by atoms with Crippen molar-refractivity contribution in [1.82, 2.24) is 4.90 Å². The average Bonchev–Trinajstić information content (AvgIpc) is 2.84. The lowest BCUT2D eigenvalue weighted by molar-refractivity contribution is -0.153. The quantitative estimate of drug-likeness (QED) is 0.360. The Morgan fingerprint density at radius 1 is 0.949 bits per heavy atom. The number of benzene rings is 2. The monoisotopic (exact) mass is 572 g/mol. The number of alkyl halides is 9. The molecule has 6 nitrogen and oxygen atoms in total. The summed E-state index contributed by atoms with van der Waals surface area (Å²) in [4.78, 5) is 26.2. The van der Waals surface area contributed by atoms with E-state index in [1.807, 2.05) is 0 Å². The first kappa shape index (κ1) is 29.9. The van der Waals surface area contributed by atoms with Crippen LogP contribution >= 0.6 is 0 Å². The highest BCUT2D eigenvalue weighted by Gasteiger charge is 2.52. The lowest BCUT2D eigenvalue weighted by atomic mass is 9.89. The van der Waals surface area contributed by atoms with Crippen LogP contribution in [0.5, 0.6) is 0 Å². The topological polar surface area (TPSA) is 59.1 Å². The van der Waals surface area contributed by atoms with Crippen molar-refractivity contribution in [2.75, 3.05) is 18.6 Å². The third kappa shape index (κ3) is 6.50. The second-order valence-electron chi connectivity index (χ2n) is 8.45. The van der Waals surface area contributed by atoms with Gasteiger partial charge in [-0.1, -0.05) is 18.2 Å². The maximum absolute atomic E-state index is 14.2. The lowest BCUT2D eigenvalue weighted by Gasteiger charge is -2.43. The van der Waals surface area contributed by atoms with Gasteiger partial charge >= 0.3 is 30.7 Å². The lowest BCUT2D eigenvalue weighted by Crippen LogP contribution is -2.54. The van der Waals surface area contributed by atoms with Gasteiger partial charge in [0.15, 0.2) is 0 Å². The summed E-state index contributed by atoms with van der Waals surface area (Å²) in [6.45, 7) is 0.155. The molecule has 0 saturated carbocycles. The van der Waals surface area contributed by atoms with Gasteiger partial charge in [-0.05, 0) is 42.3 Å². The fourth-order valence-corrected chi connectivity index (χ4v) is 4.32. The maximum Gasteiger partial charge on any atom is 0.416 e. The van der Waals surface area contributed by atoms with E-state index in [0.717, 1.165) is 13.2 Å². The largest absolute Gasteiger partial charge is 0.453 e. The van der Waals surface area contributed by atoms with E-state index < -0.39 is 72.5 Å². The van der Waals surface area contributed by atoms with Crippen LogP contribution < -0.4 is 4.90 Å². The van der Waals surface area contributed by atoms with Crippen molar-refractivity contribution in [2.24, 2.45) is 0 Å². The van der Waals surface area contributed by atoms with Gasteiger partial charge in [0, 0.05) is 13.0 Å². The van der Waals surface area contributed by atoms with Gasteiger partial charge in [-0.2, -0.15) is 39.5 Å². The standard InChI is InChI=1S/C24H21F9N2O4/c1-3-39-21(37)35-17-7-5-4-6-16(17)18(11-19(35)24(31,32)33)34(20(36)38-2)12-13-8-14(22(25,26)27)10-15(9-13)23(28,29)30/h4-10,18-19H,3,11-12H2,1-2H3/t18-,19-/m0/s1. The van der Waals surface area contributed by atoms with Gasteiger partial charge in [-0.3, -0.25) is 9.80 Å². The molecular formula is C24H21F9N2O4. The molecule has 2 atom stereocenters. The number of ether oxygens (including phenoxy) is 2. The molecule has 214 valence electrons. The summed E-state index contributed by atoms with van der Waals surface area (Å²) >= 11 is 0. The van der Waals surface area contributed by atoms with Gasteiger partial charge in [-0.25, -0.2) is 9.59 Å². The highest BCUT2D eigenvalue weighted by atomic mass is 19.4. The first-order chi connectivity index (χ1) is 18.0. The van der Waals surface area contributed by atoms with Crippen LogP contribution in [0.25, 0.3) is 0 Å². The molecule has 2 aromatic carbocycles. The van der Waals surface area contributed by atoms with Crippen molar-refractivity contribution >= 4 is 17.9 Å². The number of para-hydroxylation sites is 1. The molecule has 0 radical (unpaired) electrons. The second kappa shape index (κ2) is 10.8. The Morgan fingerprint density at radius 2 is 1.51 bits per heavy atom. The molecule has 0 bridgehead atoms. The van der Waals surface area contributed by atoms with Gasteiger partial charge in [0.25, 0.3) is 0 Å². The molecule has 0 unspecified atom stereocenters. The van der Waals surface area contributed by atoms with E-state index >= 15 is 0 Å². The van der Waals surface area contributed by atoms with Gasteiger partial charge in [0.05, 0.1) is 36.6 Å². The molecule has 2 amide bonds. The Hall–Kier alpha value is -3.65. The van der Waals surface area contributed by atoms with Crippen molar-refractivity contribution in [3.63, 3.8) is 0 Å². The predicted molar refractivity (Wildman–Crippen MR) is 118 cm³/mol. The summed E-state index contributed by atoms with van der Waals surface area (Å²) in [7, 11) is 0.851. The molecule has 39 heavy (non-hydrogen) atoms. The number of fused-ring (bicyclic) bond motifs is 1. The van der Waals surface area contributed by atoms with Gasteiger partial charge in [-0.15, -0.1) is 0 Å². The predicted octanol–water partition coefficient (Wildman–Crippen LogP) is 7.33. The summed E-state index contributed by atoms with van der Waals surface area (Å²) in [6, 6.07) is 1.64. The fraction of sp³-hybridized carbons (Fsp3) is 0.417. The van der Waals surface area contributed by atoms with Crippen molar-refractivity contribution in [1.29, 1.82) is 0 Å². The number of amides is 2. The van der Waals surface area contributed by atoms with Crippen LogP contribution in [0.1, 0.15) is 41.6 Å². The number of nitrogens with zero attached hydrogens (tertiary/aromatic N) is 2. The first-order valence-electron chi connectivity index (χ1n) is 11.2. The van der Waals surface area contributed by atoms with E-state index in [1.54, 1.807) is 0 Å². The van der Waals surface area contributed by atoms with Gasteiger partial charge < -0.3 is 9.47 Å². The number of hydrogen-bond donors (Lipinski definition) is 0. The molecule has 0 aliphatic carbocycles. The average molecular weight is 572 g/mol. The van der Waals surface area contributed by atoms with Crippen molar-refractivity contribution < 1.29 is 58.6 Å². The molecule has 1 heterocycles. The minimum absolute atomic E-state index is 0.0283. The Kier molecular flexibility index (Phi) is 8.32. The van der Waals surface area contributed by atoms with Crippen LogP contribution in [-0.4, -0.2) is 43.0 Å². The normalized spacial score (nSPS) is 17.9. The molecule has 1 aliphatic heterocycles. The van der Waals surface area contributed by atoms with E-state index in [4.69, 9.17) is 4.74 Å². The zero-order valence-corrected chi connectivity index (χ0v) is 20.2. The van der Waals surface area contributed by atoms with Crippen LogP contribution in [0.3, 0.4) is 0 Å². The Morgan fingerprint density at radius 3 is 2.00 bits per heavy atom. The number of methoxy groups -OCH3 is 1. The zero-order chi connectivity index (χ0) is 29.3. The number of anilines is 1. The molecule has 1 aliphatic rings. The number of hydrogen-bond acceptors (Lipinski definition) is 4. The number of carbonyl (C=O) groups excluding carboxylic acids is 2. The van der Waals surface area contributed by atoms with E-state index in [9.17, 15) is 49.1 Å². The summed E-state index contributed by atoms with van der Waals surface area (Å²) < 4.78 is 132. The van der Waals surface area contributed by atoms with Crippen molar-refractivity contribution in [3.05, 3.63) is 64.7 Å². The third-order valence-electron chi connectivity index (χ3n) is 5.94. The zero-order valence-electron chi connectivity index (χ0n) is 20.2. The summed E-state index contributed by atoms with van der Waals surface area (Å²) in [5.41, 5.74) is -4.31. The Balaban J connectivity index is 2.18. The fourth-order valence-electron chi connectivity index (χ4n) is 4.32. The van der Waals surface area contributed by atoms with Crippen molar-refractivity contribution in [3.8, 4) is 0 Å². The number of carbonyl (C=O) groups is 2. The van der Waals surface area contributed by atoms with E-state index in [-0.39, 0.29) is 23.9 Å². The molecule has 0 N–H and O–H groups in total. The van der Waals surface area contributed by atoms with Crippen LogP contribution in [0.15, 0.2) is 42.5 Å². The van der Waals surface area contributed by atoms with E-state index in [0.29, 0.717) is 21.9 Å². The molecule has 15 heteroatoms. The molecule has 0 saturated heterocycles. The maximum atomic E-state index is 14.2. The number of halogens is 9. The second-order valence-corrected chi connectivity index (χ2v) is 8.45. The smallest absolute Gasteiger partial charge is 0.416 e. The first-order valence-corrected chi connectivity index (χ1v) is 11.2. The van der Waals surface area contributed by atoms with Crippen LogP contribution in [0.2, 0.25) is 0 Å². The van der Waals surface area contributed by atoms with Crippen LogP contribution in [0, 0.1) is 0 Å². The van der Waals surface area contributed by atoms with Crippen LogP contribution in [0.4, 0.5) is 54.8 Å². The minimum Gasteiger partial charge on any atom is -0.453 e. The summed E-state index contributed by atoms with van der Waals surface area (Å²) in [6.07, 6.45) is -19.1. The molecular weight excluding hydrogens is 551 g/mol. The van der Waals surface area contributed by atoms with Crippen LogP contribution in [-0.2, 0) is 28.4 Å². The minimum atomic E-state index is -5.19. The molecule has 0 fully saturated rings. The highest BCUT2D eigenvalue weighted by Crippen LogP contribution is 2.46. The summed E-state index contributed by atoms with van der Waals surface area (Å²) in [5.74, 6) is 0. The van der Waals surface area contributed by atoms with E-state index in [1.165, 1.54) is 25.1 Å². The van der Waals surface area contributed by atoms with Crippen molar-refractivity contribution in [2.45, 2.75) is 50.5 Å². The highest BCUT2D eigenvalue weighted by molar-refractivity contribution is 5.90. The van der Waals surface area contributed by atoms with Gasteiger partial charge in [0.2, 0.25) is 0 Å². The number of rotatable bonds is 4. The third-order valence-corrected chi connectivity index (χ3v) is 5.94. The molecule has 2 aromatic rings.